The number of methoxy groups -OCH3 is 2. The first-order valence-corrected chi connectivity index (χ1v) is 13.1. The fourth-order valence-electron chi connectivity index (χ4n) is 3.96. The summed E-state index contributed by atoms with van der Waals surface area (Å²) in [6.45, 7) is 1.59. The molecule has 0 spiro atoms. The average Bonchev–Trinajstić information content (AvgIpc) is 3.36. The number of esters is 1. The van der Waals surface area contributed by atoms with E-state index in [0.29, 0.717) is 47.9 Å². The number of furan rings is 1. The Balaban J connectivity index is 1.61. The molecule has 11 heteroatoms. The number of halogens is 2. The number of para-hydroxylation sites is 1. The molecule has 0 unspecified atom stereocenters. The first kappa shape index (κ1) is 26.7. The zero-order valence-electron chi connectivity index (χ0n) is 21.0. The smallest absolute Gasteiger partial charge is 0.346 e. The van der Waals surface area contributed by atoms with Gasteiger partial charge in [-0.15, -0.1) is 0 Å². The van der Waals surface area contributed by atoms with Crippen LogP contribution in [0.3, 0.4) is 0 Å². The van der Waals surface area contributed by atoms with Crippen LogP contribution in [0.5, 0.6) is 11.5 Å². The van der Waals surface area contributed by atoms with Crippen LogP contribution in [0.2, 0.25) is 5.02 Å². The lowest BCUT2D eigenvalue weighted by atomic mass is 10.2. The second-order valence-corrected chi connectivity index (χ2v) is 10.0. The highest BCUT2D eigenvalue weighted by Crippen LogP contribution is 2.35. The number of fused-ring (bicyclic) bond motifs is 2. The Morgan fingerprint density at radius 1 is 1.15 bits per heavy atom. The lowest BCUT2D eigenvalue weighted by Crippen LogP contribution is -2.25. The van der Waals surface area contributed by atoms with Crippen molar-refractivity contribution < 1.29 is 23.4 Å². The minimum atomic E-state index is -0.833. The number of hydrogen-bond acceptors (Lipinski definition) is 8. The van der Waals surface area contributed by atoms with E-state index < -0.39 is 12.1 Å². The van der Waals surface area contributed by atoms with Gasteiger partial charge in [0.1, 0.15) is 5.58 Å². The summed E-state index contributed by atoms with van der Waals surface area (Å²) < 4.78 is 23.9. The van der Waals surface area contributed by atoms with E-state index in [-0.39, 0.29) is 11.4 Å². The molecule has 1 atom stereocenters. The van der Waals surface area contributed by atoms with E-state index in [1.165, 1.54) is 25.1 Å². The number of rotatable bonds is 7. The summed E-state index contributed by atoms with van der Waals surface area (Å²) in [5.74, 6) is 0.856. The first-order valence-electron chi connectivity index (χ1n) is 11.7. The van der Waals surface area contributed by atoms with Crippen LogP contribution < -0.4 is 15.0 Å². The molecule has 2 aromatic heterocycles. The highest BCUT2D eigenvalue weighted by molar-refractivity contribution is 14.1. The van der Waals surface area contributed by atoms with Crippen LogP contribution in [-0.2, 0) is 9.53 Å². The van der Waals surface area contributed by atoms with Gasteiger partial charge in [-0.3, -0.25) is 4.79 Å². The van der Waals surface area contributed by atoms with Crippen LogP contribution in [0.25, 0.3) is 33.5 Å². The van der Waals surface area contributed by atoms with Crippen LogP contribution in [0.1, 0.15) is 12.5 Å². The fraction of sp³-hybridized carbons (Fsp3) is 0.143. The predicted octanol–water partition coefficient (Wildman–Crippen LogP) is 5.90. The monoisotopic (exact) mass is 657 g/mol. The van der Waals surface area contributed by atoms with Gasteiger partial charge in [-0.1, -0.05) is 23.7 Å². The molecule has 0 radical (unpaired) electrons. The Bertz CT molecular complexity index is 1810. The lowest BCUT2D eigenvalue weighted by Gasteiger charge is -2.17. The van der Waals surface area contributed by atoms with Gasteiger partial charge in [-0.2, -0.15) is 9.78 Å². The Morgan fingerprint density at radius 3 is 2.72 bits per heavy atom. The number of carbonyl (C=O) groups is 1. The number of benzene rings is 3. The van der Waals surface area contributed by atoms with Gasteiger partial charge in [-0.25, -0.2) is 9.78 Å². The summed E-state index contributed by atoms with van der Waals surface area (Å²) in [4.78, 5) is 30.1. The van der Waals surface area contributed by atoms with Gasteiger partial charge in [0.2, 0.25) is 5.82 Å². The van der Waals surface area contributed by atoms with E-state index in [9.17, 15) is 9.59 Å². The summed E-state index contributed by atoms with van der Waals surface area (Å²) in [6, 6.07) is 17.5. The SMILES string of the molecule is COC(=O)[C@H](C)Oc1c(I)cc(C=Nn2c(-c3cc4cc(Cl)ccc4o3)nc3ccccc3c2=O)cc1OC. The van der Waals surface area contributed by atoms with E-state index >= 15 is 0 Å². The highest BCUT2D eigenvalue weighted by Gasteiger charge is 2.20. The molecule has 3 aromatic carbocycles. The van der Waals surface area contributed by atoms with Gasteiger partial charge in [0.25, 0.3) is 5.56 Å². The van der Waals surface area contributed by atoms with Crippen LogP contribution in [0.4, 0.5) is 0 Å². The molecule has 0 N–H and O–H groups in total. The highest BCUT2D eigenvalue weighted by atomic mass is 127. The fourth-order valence-corrected chi connectivity index (χ4v) is 4.89. The van der Waals surface area contributed by atoms with E-state index in [1.807, 2.05) is 6.07 Å². The third-order valence-corrected chi connectivity index (χ3v) is 6.89. The number of aromatic nitrogens is 2. The molecule has 0 aliphatic carbocycles. The molecule has 0 fully saturated rings. The molecule has 0 saturated heterocycles. The third-order valence-electron chi connectivity index (χ3n) is 5.85. The molecule has 9 nitrogen and oxygen atoms in total. The van der Waals surface area contributed by atoms with Crippen molar-refractivity contribution in [2.24, 2.45) is 5.10 Å². The average molecular weight is 658 g/mol. The van der Waals surface area contributed by atoms with Gasteiger partial charge >= 0.3 is 5.97 Å². The van der Waals surface area contributed by atoms with Crippen LogP contribution in [0, 0.1) is 3.57 Å². The summed E-state index contributed by atoms with van der Waals surface area (Å²) in [5, 5.41) is 6.24. The van der Waals surface area contributed by atoms with E-state index in [0.717, 1.165) is 5.39 Å². The largest absolute Gasteiger partial charge is 0.493 e. The van der Waals surface area contributed by atoms with Crippen molar-refractivity contribution in [3.63, 3.8) is 0 Å². The van der Waals surface area contributed by atoms with Crippen molar-refractivity contribution in [2.75, 3.05) is 14.2 Å². The van der Waals surface area contributed by atoms with Gasteiger partial charge in [0.15, 0.2) is 23.4 Å². The summed E-state index contributed by atoms with van der Waals surface area (Å²) in [5.41, 5.74) is 1.37. The predicted molar refractivity (Wildman–Crippen MR) is 157 cm³/mol. The lowest BCUT2D eigenvalue weighted by molar-refractivity contribution is -0.147. The minimum Gasteiger partial charge on any atom is -0.493 e. The number of nitrogens with zero attached hydrogens (tertiary/aromatic N) is 3. The molecule has 2 heterocycles. The van der Waals surface area contributed by atoms with Crippen molar-refractivity contribution in [1.82, 2.24) is 9.66 Å². The quantitative estimate of drug-likeness (QED) is 0.122. The molecule has 0 aliphatic rings. The van der Waals surface area contributed by atoms with Crippen LogP contribution in [0.15, 0.2) is 75.0 Å². The van der Waals surface area contributed by atoms with Crippen molar-refractivity contribution in [1.29, 1.82) is 0 Å². The molecule has 0 amide bonds. The minimum absolute atomic E-state index is 0.232. The first-order chi connectivity index (χ1) is 18.8. The van der Waals surface area contributed by atoms with E-state index in [4.69, 9.17) is 35.2 Å². The van der Waals surface area contributed by atoms with Crippen molar-refractivity contribution in [3.05, 3.63) is 85.2 Å². The second-order valence-electron chi connectivity index (χ2n) is 8.42. The molecular weight excluding hydrogens is 637 g/mol. The van der Waals surface area contributed by atoms with Gasteiger partial charge in [0, 0.05) is 10.4 Å². The molecule has 198 valence electrons. The Hall–Kier alpha value is -3.90. The molecular formula is C28H21ClIN3O6. The Kier molecular flexibility index (Phi) is 7.58. The van der Waals surface area contributed by atoms with Gasteiger partial charge in [-0.05, 0) is 83.6 Å². The van der Waals surface area contributed by atoms with Crippen molar-refractivity contribution in [3.8, 4) is 23.1 Å². The van der Waals surface area contributed by atoms with Crippen LogP contribution in [-0.4, -0.2) is 42.2 Å². The Morgan fingerprint density at radius 2 is 1.95 bits per heavy atom. The maximum atomic E-state index is 13.5. The Labute approximate surface area is 241 Å². The molecule has 0 aliphatic heterocycles. The third kappa shape index (κ3) is 5.34. The topological polar surface area (TPSA) is 105 Å². The van der Waals surface area contributed by atoms with Gasteiger partial charge < -0.3 is 18.6 Å². The maximum absolute atomic E-state index is 13.5. The van der Waals surface area contributed by atoms with Gasteiger partial charge in [0.05, 0.1) is 34.9 Å². The molecule has 5 rings (SSSR count). The van der Waals surface area contributed by atoms with E-state index in [1.54, 1.807) is 61.5 Å². The number of ether oxygens (including phenoxy) is 3. The number of hydrogen-bond donors (Lipinski definition) is 0. The van der Waals surface area contributed by atoms with E-state index in [2.05, 4.69) is 27.7 Å². The normalized spacial score (nSPS) is 12.2. The molecule has 0 saturated carbocycles. The van der Waals surface area contributed by atoms with Crippen LogP contribution >= 0.6 is 34.2 Å². The van der Waals surface area contributed by atoms with Crippen molar-refractivity contribution in [2.45, 2.75) is 13.0 Å². The molecule has 5 aromatic rings. The maximum Gasteiger partial charge on any atom is 0.346 e. The zero-order chi connectivity index (χ0) is 27.7. The second kappa shape index (κ2) is 11.1. The summed E-state index contributed by atoms with van der Waals surface area (Å²) >= 11 is 8.22. The number of carbonyl (C=O) groups excluding carboxylic acids is 1. The van der Waals surface area contributed by atoms with Crippen molar-refractivity contribution >= 4 is 68.2 Å². The molecule has 39 heavy (non-hydrogen) atoms. The zero-order valence-corrected chi connectivity index (χ0v) is 23.9. The standard InChI is InChI=1S/C28H21ClIN3O6/c1-15(28(35)37-3)38-25-20(30)10-16(11-23(25)36-2)14-31-33-26(32-21-7-5-4-6-19(21)27(33)34)24-13-17-12-18(29)8-9-22(17)39-24/h4-15H,1-3H3/t15-/m0/s1. The summed E-state index contributed by atoms with van der Waals surface area (Å²) in [7, 11) is 2.79. The summed E-state index contributed by atoms with van der Waals surface area (Å²) in [6.07, 6.45) is 0.680. The molecule has 0 bridgehead atoms.